The summed E-state index contributed by atoms with van der Waals surface area (Å²) in [6.45, 7) is 1.56. The summed E-state index contributed by atoms with van der Waals surface area (Å²) in [5.41, 5.74) is 4.09. The molecule has 6 nitrogen and oxygen atoms in total. The molecule has 1 aliphatic rings. The van der Waals surface area contributed by atoms with Gasteiger partial charge in [-0.3, -0.25) is 14.6 Å². The minimum atomic E-state index is -0.457. The summed E-state index contributed by atoms with van der Waals surface area (Å²) >= 11 is 5.96. The Morgan fingerprint density at radius 3 is 2.26 bits per heavy atom. The molecule has 42 heavy (non-hydrogen) atoms. The van der Waals surface area contributed by atoms with Crippen molar-refractivity contribution in [2.24, 2.45) is 0 Å². The number of hydrogen-bond donors (Lipinski definition) is 2. The lowest BCUT2D eigenvalue weighted by atomic mass is 9.90. The van der Waals surface area contributed by atoms with Crippen LogP contribution in [0.5, 0.6) is 0 Å². The van der Waals surface area contributed by atoms with Gasteiger partial charge in [0.1, 0.15) is 0 Å². The summed E-state index contributed by atoms with van der Waals surface area (Å²) in [5.74, 6) is -0.0937. The molecular weight excluding hydrogens is 544 g/mol. The summed E-state index contributed by atoms with van der Waals surface area (Å²) in [6.07, 6.45) is 6.21. The Labute approximate surface area is 252 Å². The van der Waals surface area contributed by atoms with Gasteiger partial charge in [0, 0.05) is 61.0 Å². The fraction of sp³-hybridized carbons (Fsp3) is 0.229. The Bertz CT molecular complexity index is 1420. The highest BCUT2D eigenvalue weighted by atomic mass is 35.5. The third-order valence-electron chi connectivity index (χ3n) is 7.56. The molecule has 2 atom stereocenters. The first-order valence-electron chi connectivity index (χ1n) is 14.3. The first-order chi connectivity index (χ1) is 20.5. The second-order valence-corrected chi connectivity index (χ2v) is 11.0. The highest BCUT2D eigenvalue weighted by Crippen LogP contribution is 2.27. The van der Waals surface area contributed by atoms with Gasteiger partial charge in [-0.05, 0) is 53.5 Å². The molecule has 3 aromatic carbocycles. The molecule has 5 rings (SSSR count). The van der Waals surface area contributed by atoms with Crippen molar-refractivity contribution in [3.05, 3.63) is 143 Å². The van der Waals surface area contributed by atoms with Gasteiger partial charge in [-0.25, -0.2) is 0 Å². The Morgan fingerprint density at radius 1 is 0.952 bits per heavy atom. The number of amides is 2. The summed E-state index contributed by atoms with van der Waals surface area (Å²) in [4.78, 5) is 33.1. The molecule has 0 bridgehead atoms. The van der Waals surface area contributed by atoms with E-state index in [2.05, 4.69) is 39.9 Å². The maximum atomic E-state index is 14.0. The molecule has 0 radical (unpaired) electrons. The standard InChI is InChI=1S/C35H35ClN4O2/c36-29-17-14-26(15-18-29)16-19-34(41)38-24-31-20-22-40(35(42)33(39-31)23-30-13-7-8-21-37-30)25-32(27-9-3-1-4-10-27)28-11-5-2-6-12-28/h1-19,21,31-33,39H,20,22-25H2,(H,38,41)/t31-,33-/m0/s1. The van der Waals surface area contributed by atoms with Crippen molar-refractivity contribution in [1.82, 2.24) is 20.5 Å². The SMILES string of the molecule is O=C(C=Cc1ccc(Cl)cc1)NC[C@@H]1CCN(CC(c2ccccc2)c2ccccc2)C(=O)[C@H](Cc2ccccn2)N1. The molecule has 0 spiro atoms. The lowest BCUT2D eigenvalue weighted by Crippen LogP contribution is -2.50. The van der Waals surface area contributed by atoms with Crippen molar-refractivity contribution < 1.29 is 9.59 Å². The molecule has 1 aromatic heterocycles. The van der Waals surface area contributed by atoms with Crippen molar-refractivity contribution in [3.8, 4) is 0 Å². The van der Waals surface area contributed by atoms with Gasteiger partial charge in [-0.15, -0.1) is 0 Å². The number of pyridine rings is 1. The van der Waals surface area contributed by atoms with Crippen LogP contribution in [0, 0.1) is 0 Å². The van der Waals surface area contributed by atoms with Gasteiger partial charge in [0.2, 0.25) is 11.8 Å². The Kier molecular flexibility index (Phi) is 10.1. The zero-order valence-electron chi connectivity index (χ0n) is 23.4. The van der Waals surface area contributed by atoms with Gasteiger partial charge >= 0.3 is 0 Å². The number of benzene rings is 3. The molecule has 2 amide bonds. The zero-order chi connectivity index (χ0) is 29.1. The Morgan fingerprint density at radius 2 is 1.62 bits per heavy atom. The summed E-state index contributed by atoms with van der Waals surface area (Å²) in [5, 5.41) is 7.21. The van der Waals surface area contributed by atoms with E-state index in [0.29, 0.717) is 37.5 Å². The van der Waals surface area contributed by atoms with Crippen molar-refractivity contribution in [2.75, 3.05) is 19.6 Å². The van der Waals surface area contributed by atoms with Crippen LogP contribution in [0.25, 0.3) is 6.08 Å². The normalized spacial score (nSPS) is 17.4. The number of nitrogens with zero attached hydrogens (tertiary/aromatic N) is 2. The monoisotopic (exact) mass is 578 g/mol. The Balaban J connectivity index is 1.31. The molecule has 0 saturated carbocycles. The smallest absolute Gasteiger partial charge is 0.244 e. The fourth-order valence-corrected chi connectivity index (χ4v) is 5.45. The molecule has 214 valence electrons. The average molecular weight is 579 g/mol. The second-order valence-electron chi connectivity index (χ2n) is 10.5. The molecule has 1 aliphatic heterocycles. The molecule has 0 unspecified atom stereocenters. The van der Waals surface area contributed by atoms with Gasteiger partial charge in [0.05, 0.1) is 6.04 Å². The van der Waals surface area contributed by atoms with Gasteiger partial charge in [0.15, 0.2) is 0 Å². The number of hydrogen-bond acceptors (Lipinski definition) is 4. The number of carbonyl (C=O) groups excluding carboxylic acids is 2. The Hall–Kier alpha value is -4.26. The van der Waals surface area contributed by atoms with Crippen LogP contribution in [-0.4, -0.2) is 53.4 Å². The quantitative estimate of drug-likeness (QED) is 0.244. The number of halogens is 1. The van der Waals surface area contributed by atoms with Crippen LogP contribution in [-0.2, 0) is 16.0 Å². The number of aromatic nitrogens is 1. The van der Waals surface area contributed by atoms with Crippen molar-refractivity contribution in [3.63, 3.8) is 0 Å². The molecule has 2 heterocycles. The van der Waals surface area contributed by atoms with E-state index in [-0.39, 0.29) is 23.8 Å². The van der Waals surface area contributed by atoms with E-state index in [1.54, 1.807) is 24.4 Å². The summed E-state index contributed by atoms with van der Waals surface area (Å²) in [7, 11) is 0. The third kappa shape index (κ3) is 8.15. The van der Waals surface area contributed by atoms with Crippen molar-refractivity contribution in [2.45, 2.75) is 30.8 Å². The molecule has 0 aliphatic carbocycles. The van der Waals surface area contributed by atoms with Crippen LogP contribution in [0.3, 0.4) is 0 Å². The van der Waals surface area contributed by atoms with Crippen LogP contribution in [0.2, 0.25) is 5.02 Å². The number of carbonyl (C=O) groups is 2. The van der Waals surface area contributed by atoms with Crippen LogP contribution in [0.15, 0.2) is 115 Å². The van der Waals surface area contributed by atoms with E-state index in [4.69, 9.17) is 11.6 Å². The summed E-state index contributed by atoms with van der Waals surface area (Å²) < 4.78 is 0. The van der Waals surface area contributed by atoms with E-state index in [9.17, 15) is 9.59 Å². The first-order valence-corrected chi connectivity index (χ1v) is 14.7. The van der Waals surface area contributed by atoms with Gasteiger partial charge in [-0.2, -0.15) is 0 Å². The van der Waals surface area contributed by atoms with E-state index in [1.807, 2.05) is 71.6 Å². The van der Waals surface area contributed by atoms with Gasteiger partial charge in [-0.1, -0.05) is 90.5 Å². The van der Waals surface area contributed by atoms with Crippen molar-refractivity contribution >= 4 is 29.5 Å². The third-order valence-corrected chi connectivity index (χ3v) is 7.81. The van der Waals surface area contributed by atoms with E-state index in [0.717, 1.165) is 11.3 Å². The topological polar surface area (TPSA) is 74.3 Å². The van der Waals surface area contributed by atoms with Crippen LogP contribution < -0.4 is 10.6 Å². The summed E-state index contributed by atoms with van der Waals surface area (Å²) in [6, 6.07) is 33.2. The predicted molar refractivity (Wildman–Crippen MR) is 168 cm³/mol. The van der Waals surface area contributed by atoms with Crippen LogP contribution in [0.4, 0.5) is 0 Å². The molecule has 1 saturated heterocycles. The van der Waals surface area contributed by atoms with E-state index >= 15 is 0 Å². The van der Waals surface area contributed by atoms with E-state index in [1.165, 1.54) is 17.2 Å². The first kappa shape index (κ1) is 29.2. The molecule has 1 fully saturated rings. The average Bonchev–Trinajstić information content (AvgIpc) is 3.17. The lowest BCUT2D eigenvalue weighted by Gasteiger charge is -2.29. The molecule has 7 heteroatoms. The van der Waals surface area contributed by atoms with Crippen molar-refractivity contribution in [1.29, 1.82) is 0 Å². The number of rotatable bonds is 10. The highest BCUT2D eigenvalue weighted by molar-refractivity contribution is 6.30. The molecule has 4 aromatic rings. The molecular formula is C35H35ClN4O2. The number of nitrogens with one attached hydrogen (secondary N) is 2. The minimum absolute atomic E-state index is 0.0427. The van der Waals surface area contributed by atoms with Crippen LogP contribution >= 0.6 is 11.6 Å². The fourth-order valence-electron chi connectivity index (χ4n) is 5.32. The minimum Gasteiger partial charge on any atom is -0.351 e. The molecule has 2 N–H and O–H groups in total. The highest BCUT2D eigenvalue weighted by Gasteiger charge is 2.33. The van der Waals surface area contributed by atoms with Gasteiger partial charge in [0.25, 0.3) is 0 Å². The maximum Gasteiger partial charge on any atom is 0.244 e. The van der Waals surface area contributed by atoms with E-state index < -0.39 is 6.04 Å². The van der Waals surface area contributed by atoms with Gasteiger partial charge < -0.3 is 15.5 Å². The predicted octanol–water partition coefficient (Wildman–Crippen LogP) is 5.50. The largest absolute Gasteiger partial charge is 0.351 e. The van der Waals surface area contributed by atoms with Crippen LogP contribution in [0.1, 0.15) is 34.7 Å². The zero-order valence-corrected chi connectivity index (χ0v) is 24.2. The second kappa shape index (κ2) is 14.6. The maximum absolute atomic E-state index is 14.0. The lowest BCUT2D eigenvalue weighted by molar-refractivity contribution is -0.132.